The monoisotopic (exact) mass is 377 g/mol. The minimum absolute atomic E-state index is 0.171. The summed E-state index contributed by atoms with van der Waals surface area (Å²) in [6.07, 6.45) is -4.39. The van der Waals surface area contributed by atoms with E-state index in [-0.39, 0.29) is 11.7 Å². The van der Waals surface area contributed by atoms with Crippen LogP contribution in [0.4, 0.5) is 23.7 Å². The number of nitrogens with one attached hydrogen (secondary N) is 1. The second-order valence-electron chi connectivity index (χ2n) is 6.57. The van der Waals surface area contributed by atoms with Crippen LogP contribution in [0.25, 0.3) is 0 Å². The van der Waals surface area contributed by atoms with Crippen LogP contribution in [-0.4, -0.2) is 37.1 Å². The number of nitrogens with zero attached hydrogens (tertiary/aromatic N) is 2. The van der Waals surface area contributed by atoms with E-state index in [1.54, 1.807) is 15.9 Å². The molecule has 1 aliphatic rings. The molecule has 4 nitrogen and oxygen atoms in total. The fraction of sp³-hybridized carbons (Fsp3) is 0.350. The second-order valence-corrected chi connectivity index (χ2v) is 6.57. The molecule has 1 N–H and O–H groups in total. The SMILES string of the molecule is Cc1ccccc1CNC(=O)N1CCN(c2ccccc2C(F)(F)F)CC1. The summed E-state index contributed by atoms with van der Waals surface area (Å²) in [5.41, 5.74) is 1.68. The first-order valence-corrected chi connectivity index (χ1v) is 8.85. The topological polar surface area (TPSA) is 35.6 Å². The molecule has 0 spiro atoms. The predicted molar refractivity (Wildman–Crippen MR) is 98.6 cm³/mol. The zero-order valence-electron chi connectivity index (χ0n) is 15.1. The van der Waals surface area contributed by atoms with Crippen LogP contribution >= 0.6 is 0 Å². The van der Waals surface area contributed by atoms with Crippen LogP contribution in [0.15, 0.2) is 48.5 Å². The number of amides is 2. The number of aryl methyl sites for hydroxylation is 1. The average Bonchev–Trinajstić information content (AvgIpc) is 2.66. The molecule has 3 rings (SSSR count). The Bertz CT molecular complexity index is 799. The number of benzene rings is 2. The van der Waals surface area contributed by atoms with E-state index < -0.39 is 11.7 Å². The standard InChI is InChI=1S/C20H22F3N3O/c1-15-6-2-3-7-16(15)14-24-19(27)26-12-10-25(11-13-26)18-9-5-4-8-17(18)20(21,22)23/h2-9H,10-14H2,1H3,(H,24,27). The molecule has 144 valence electrons. The number of piperazine rings is 1. The van der Waals surface area contributed by atoms with E-state index in [0.29, 0.717) is 32.7 Å². The first-order chi connectivity index (χ1) is 12.9. The maximum Gasteiger partial charge on any atom is 0.418 e. The largest absolute Gasteiger partial charge is 0.418 e. The summed E-state index contributed by atoms with van der Waals surface area (Å²) in [7, 11) is 0. The number of rotatable bonds is 3. The molecule has 0 atom stereocenters. The molecule has 0 unspecified atom stereocenters. The van der Waals surface area contributed by atoms with Crippen LogP contribution < -0.4 is 10.2 Å². The molecular weight excluding hydrogens is 355 g/mol. The quantitative estimate of drug-likeness (QED) is 0.876. The molecule has 27 heavy (non-hydrogen) atoms. The van der Waals surface area contributed by atoms with E-state index in [4.69, 9.17) is 0 Å². The van der Waals surface area contributed by atoms with Crippen molar-refractivity contribution in [1.82, 2.24) is 10.2 Å². The summed E-state index contributed by atoms with van der Waals surface area (Å²) in [4.78, 5) is 15.7. The summed E-state index contributed by atoms with van der Waals surface area (Å²) in [6.45, 7) is 3.91. The van der Waals surface area contributed by atoms with Gasteiger partial charge in [-0.1, -0.05) is 36.4 Å². The van der Waals surface area contributed by atoms with Crippen molar-refractivity contribution in [3.63, 3.8) is 0 Å². The highest BCUT2D eigenvalue weighted by molar-refractivity contribution is 5.74. The van der Waals surface area contributed by atoms with Crippen molar-refractivity contribution in [1.29, 1.82) is 0 Å². The van der Waals surface area contributed by atoms with Gasteiger partial charge in [0.2, 0.25) is 0 Å². The van der Waals surface area contributed by atoms with Crippen molar-refractivity contribution < 1.29 is 18.0 Å². The molecule has 1 fully saturated rings. The first kappa shape index (κ1) is 19.1. The van der Waals surface area contributed by atoms with Gasteiger partial charge >= 0.3 is 12.2 Å². The molecule has 2 aromatic rings. The van der Waals surface area contributed by atoms with E-state index in [2.05, 4.69) is 5.32 Å². The summed E-state index contributed by atoms with van der Waals surface area (Å²) in [5, 5.41) is 2.89. The summed E-state index contributed by atoms with van der Waals surface area (Å²) < 4.78 is 39.6. The Balaban J connectivity index is 1.58. The van der Waals surface area contributed by atoms with Gasteiger partial charge in [-0.2, -0.15) is 13.2 Å². The van der Waals surface area contributed by atoms with Gasteiger partial charge in [0.05, 0.1) is 5.56 Å². The van der Waals surface area contributed by atoms with Crippen molar-refractivity contribution in [2.45, 2.75) is 19.6 Å². The van der Waals surface area contributed by atoms with Gasteiger partial charge in [-0.25, -0.2) is 4.79 Å². The third-order valence-corrected chi connectivity index (χ3v) is 4.81. The highest BCUT2D eigenvalue weighted by atomic mass is 19.4. The molecule has 0 bridgehead atoms. The molecule has 1 saturated heterocycles. The molecule has 0 aromatic heterocycles. The predicted octanol–water partition coefficient (Wildman–Crippen LogP) is 4.05. The smallest absolute Gasteiger partial charge is 0.367 e. The summed E-state index contributed by atoms with van der Waals surface area (Å²) >= 11 is 0. The number of carbonyl (C=O) groups is 1. The van der Waals surface area contributed by atoms with Crippen LogP contribution in [0.2, 0.25) is 0 Å². The van der Waals surface area contributed by atoms with Crippen molar-refractivity contribution in [3.05, 3.63) is 65.2 Å². The third kappa shape index (κ3) is 4.53. The van der Waals surface area contributed by atoms with Crippen LogP contribution in [0.5, 0.6) is 0 Å². The maximum atomic E-state index is 13.2. The minimum atomic E-state index is -4.39. The van der Waals surface area contributed by atoms with Gasteiger partial charge in [-0.05, 0) is 30.2 Å². The van der Waals surface area contributed by atoms with E-state index in [0.717, 1.165) is 17.2 Å². The van der Waals surface area contributed by atoms with E-state index in [1.807, 2.05) is 31.2 Å². The second kappa shape index (κ2) is 7.90. The lowest BCUT2D eigenvalue weighted by Crippen LogP contribution is -2.52. The average molecular weight is 377 g/mol. The highest BCUT2D eigenvalue weighted by Gasteiger charge is 2.35. The fourth-order valence-corrected chi connectivity index (χ4v) is 3.23. The van der Waals surface area contributed by atoms with E-state index in [9.17, 15) is 18.0 Å². The normalized spacial score (nSPS) is 15.0. The van der Waals surface area contributed by atoms with E-state index >= 15 is 0 Å². The van der Waals surface area contributed by atoms with Crippen molar-refractivity contribution >= 4 is 11.7 Å². The Morgan fingerprint density at radius 1 is 1.00 bits per heavy atom. The molecule has 7 heteroatoms. The summed E-state index contributed by atoms with van der Waals surface area (Å²) in [6, 6.07) is 13.2. The molecule has 1 aliphatic heterocycles. The molecule has 0 saturated carbocycles. The molecule has 0 radical (unpaired) electrons. The van der Waals surface area contributed by atoms with Crippen molar-refractivity contribution in [2.75, 3.05) is 31.1 Å². The maximum absolute atomic E-state index is 13.2. The van der Waals surface area contributed by atoms with E-state index in [1.165, 1.54) is 12.1 Å². The Hall–Kier alpha value is -2.70. The number of anilines is 1. The number of hydrogen-bond donors (Lipinski definition) is 1. The van der Waals surface area contributed by atoms with Gasteiger partial charge in [0.15, 0.2) is 0 Å². The number of halogens is 3. The number of urea groups is 1. The summed E-state index contributed by atoms with van der Waals surface area (Å²) in [5.74, 6) is 0. The van der Waals surface area contributed by atoms with Crippen LogP contribution in [0, 0.1) is 6.92 Å². The zero-order chi connectivity index (χ0) is 19.4. The number of hydrogen-bond acceptors (Lipinski definition) is 2. The number of alkyl halides is 3. The van der Waals surface area contributed by atoms with Gasteiger partial charge in [-0.15, -0.1) is 0 Å². The Morgan fingerprint density at radius 3 is 2.30 bits per heavy atom. The molecular formula is C20H22F3N3O. The lowest BCUT2D eigenvalue weighted by Gasteiger charge is -2.37. The van der Waals surface area contributed by atoms with Gasteiger partial charge in [0.1, 0.15) is 0 Å². The lowest BCUT2D eigenvalue weighted by atomic mass is 10.1. The van der Waals surface area contributed by atoms with Crippen LogP contribution in [-0.2, 0) is 12.7 Å². The zero-order valence-corrected chi connectivity index (χ0v) is 15.1. The Morgan fingerprint density at radius 2 is 1.63 bits per heavy atom. The van der Waals surface area contributed by atoms with Gasteiger partial charge < -0.3 is 15.1 Å². The van der Waals surface area contributed by atoms with Gasteiger partial charge in [-0.3, -0.25) is 0 Å². The van der Waals surface area contributed by atoms with Gasteiger partial charge in [0.25, 0.3) is 0 Å². The Kier molecular flexibility index (Phi) is 5.58. The molecule has 2 amide bonds. The number of para-hydroxylation sites is 1. The van der Waals surface area contributed by atoms with Gasteiger partial charge in [0, 0.05) is 38.4 Å². The highest BCUT2D eigenvalue weighted by Crippen LogP contribution is 2.36. The van der Waals surface area contributed by atoms with Crippen molar-refractivity contribution in [3.8, 4) is 0 Å². The molecule has 2 aromatic carbocycles. The van der Waals surface area contributed by atoms with Crippen LogP contribution in [0.1, 0.15) is 16.7 Å². The van der Waals surface area contributed by atoms with Crippen molar-refractivity contribution in [2.24, 2.45) is 0 Å². The third-order valence-electron chi connectivity index (χ3n) is 4.81. The Labute approximate surface area is 156 Å². The fourth-order valence-electron chi connectivity index (χ4n) is 3.23. The molecule has 0 aliphatic carbocycles. The number of carbonyl (C=O) groups excluding carboxylic acids is 1. The van der Waals surface area contributed by atoms with Crippen LogP contribution in [0.3, 0.4) is 0 Å². The minimum Gasteiger partial charge on any atom is -0.367 e. The lowest BCUT2D eigenvalue weighted by molar-refractivity contribution is -0.137. The molecule has 1 heterocycles. The first-order valence-electron chi connectivity index (χ1n) is 8.85.